The zero-order valence-electron chi connectivity index (χ0n) is 11.3. The summed E-state index contributed by atoms with van der Waals surface area (Å²) >= 11 is 1.16. The summed E-state index contributed by atoms with van der Waals surface area (Å²) in [6, 6.07) is 7.88. The summed E-state index contributed by atoms with van der Waals surface area (Å²) in [6.45, 7) is 0.373. The molecule has 0 bridgehead atoms. The van der Waals surface area contributed by atoms with Crippen molar-refractivity contribution >= 4 is 33.2 Å². The SMILES string of the molecule is CSOc1nc2ccccc2n1CCCS(=O)(=O)[O-].[Li+]. The zero-order valence-corrected chi connectivity index (χ0v) is 12.9. The molecule has 2 rings (SSSR count). The molecule has 0 aliphatic carbocycles. The van der Waals surface area contributed by atoms with E-state index in [0.29, 0.717) is 12.6 Å². The van der Waals surface area contributed by atoms with Crippen LogP contribution in [0.1, 0.15) is 6.42 Å². The first-order valence-electron chi connectivity index (χ1n) is 5.61. The van der Waals surface area contributed by atoms with Gasteiger partial charge in [0.05, 0.1) is 33.2 Å². The number of aryl methyl sites for hydroxylation is 1. The molecule has 9 heteroatoms. The Balaban J connectivity index is 0.00000200. The molecule has 20 heavy (non-hydrogen) atoms. The number of nitrogens with zero attached hydrogens (tertiary/aromatic N) is 2. The summed E-state index contributed by atoms with van der Waals surface area (Å²) in [6.07, 6.45) is 2.00. The number of fused-ring (bicyclic) bond motifs is 1. The van der Waals surface area contributed by atoms with Crippen LogP contribution in [0.5, 0.6) is 6.01 Å². The quantitative estimate of drug-likeness (QED) is 0.372. The minimum Gasteiger partial charge on any atom is -0.748 e. The van der Waals surface area contributed by atoms with E-state index in [1.165, 1.54) is 0 Å². The molecule has 1 aromatic carbocycles. The maximum Gasteiger partial charge on any atom is 1.00 e. The van der Waals surface area contributed by atoms with Crippen LogP contribution < -0.4 is 23.0 Å². The predicted octanol–water partition coefficient (Wildman–Crippen LogP) is -1.37. The van der Waals surface area contributed by atoms with Gasteiger partial charge in [-0.1, -0.05) is 12.1 Å². The van der Waals surface area contributed by atoms with Crippen molar-refractivity contribution in [2.24, 2.45) is 0 Å². The van der Waals surface area contributed by atoms with E-state index in [1.54, 1.807) is 10.8 Å². The van der Waals surface area contributed by atoms with Gasteiger partial charge < -0.3 is 8.74 Å². The molecular weight excluding hydrogens is 295 g/mol. The average Bonchev–Trinajstić information content (AvgIpc) is 2.67. The zero-order chi connectivity index (χ0) is 13.9. The van der Waals surface area contributed by atoms with Crippen molar-refractivity contribution in [1.82, 2.24) is 9.55 Å². The molecule has 0 unspecified atom stereocenters. The smallest absolute Gasteiger partial charge is 0.748 e. The number of rotatable bonds is 6. The fraction of sp³-hybridized carbons (Fsp3) is 0.364. The van der Waals surface area contributed by atoms with Gasteiger partial charge >= 0.3 is 24.9 Å². The molecule has 0 amide bonds. The van der Waals surface area contributed by atoms with E-state index in [2.05, 4.69) is 4.98 Å². The Hall–Kier alpha value is -0.653. The summed E-state index contributed by atoms with van der Waals surface area (Å²) < 4.78 is 39.0. The summed E-state index contributed by atoms with van der Waals surface area (Å²) in [5, 5.41) is 0. The molecule has 6 nitrogen and oxygen atoms in total. The summed E-state index contributed by atoms with van der Waals surface area (Å²) in [4.78, 5) is 4.31. The van der Waals surface area contributed by atoms with Gasteiger partial charge in [0, 0.05) is 18.6 Å². The molecule has 0 aliphatic rings. The van der Waals surface area contributed by atoms with Gasteiger partial charge in [0.1, 0.15) is 0 Å². The molecule has 104 valence electrons. The van der Waals surface area contributed by atoms with Crippen LogP contribution in [0.25, 0.3) is 11.0 Å². The van der Waals surface area contributed by atoms with Crippen LogP contribution in [0.2, 0.25) is 0 Å². The number of aromatic nitrogens is 2. The maximum absolute atomic E-state index is 10.6. The Kier molecular flexibility index (Phi) is 6.42. The largest absolute Gasteiger partial charge is 1.00 e. The summed E-state index contributed by atoms with van der Waals surface area (Å²) in [5.41, 5.74) is 1.63. The van der Waals surface area contributed by atoms with E-state index >= 15 is 0 Å². The average molecular weight is 308 g/mol. The van der Waals surface area contributed by atoms with E-state index < -0.39 is 15.9 Å². The van der Waals surface area contributed by atoms with E-state index in [9.17, 15) is 13.0 Å². The molecule has 2 aromatic rings. The van der Waals surface area contributed by atoms with E-state index in [0.717, 1.165) is 23.1 Å². The third-order valence-corrected chi connectivity index (χ3v) is 3.66. The fourth-order valence-electron chi connectivity index (χ4n) is 1.81. The second-order valence-corrected chi connectivity index (χ2v) is 5.92. The van der Waals surface area contributed by atoms with Crippen LogP contribution in [-0.4, -0.2) is 34.5 Å². The Labute approximate surface area is 134 Å². The second kappa shape index (κ2) is 7.38. The van der Waals surface area contributed by atoms with Gasteiger partial charge in [-0.2, -0.15) is 4.98 Å². The first-order valence-corrected chi connectivity index (χ1v) is 8.33. The minimum absolute atomic E-state index is 0. The van der Waals surface area contributed by atoms with Gasteiger partial charge in [-0.05, 0) is 18.6 Å². The van der Waals surface area contributed by atoms with Crippen molar-refractivity contribution in [1.29, 1.82) is 0 Å². The van der Waals surface area contributed by atoms with Gasteiger partial charge in [0.2, 0.25) is 0 Å². The van der Waals surface area contributed by atoms with Crippen molar-refractivity contribution in [3.05, 3.63) is 24.3 Å². The minimum atomic E-state index is -4.19. The van der Waals surface area contributed by atoms with Crippen LogP contribution in [0.3, 0.4) is 0 Å². The number of benzene rings is 1. The van der Waals surface area contributed by atoms with Gasteiger partial charge in [0.15, 0.2) is 0 Å². The van der Waals surface area contributed by atoms with Crippen LogP contribution >= 0.6 is 12.0 Å². The van der Waals surface area contributed by atoms with Crippen molar-refractivity contribution in [2.75, 3.05) is 12.0 Å². The van der Waals surface area contributed by atoms with Crippen LogP contribution in [0.15, 0.2) is 24.3 Å². The number of imidazole rings is 1. The molecular formula is C11H13LiN2O4S2. The van der Waals surface area contributed by atoms with Gasteiger partial charge in [-0.15, -0.1) is 0 Å². The Morgan fingerprint density at radius 1 is 1.40 bits per heavy atom. The topological polar surface area (TPSA) is 84.2 Å². The van der Waals surface area contributed by atoms with Gasteiger partial charge in [0.25, 0.3) is 0 Å². The number of hydrogen-bond donors (Lipinski definition) is 0. The van der Waals surface area contributed by atoms with Crippen LogP contribution in [-0.2, 0) is 16.7 Å². The molecule has 1 heterocycles. The molecule has 0 N–H and O–H groups in total. The fourth-order valence-corrected chi connectivity index (χ4v) is 2.57. The molecule has 0 fully saturated rings. The predicted molar refractivity (Wildman–Crippen MR) is 73.1 cm³/mol. The summed E-state index contributed by atoms with van der Waals surface area (Å²) in [7, 11) is -4.19. The first kappa shape index (κ1) is 17.4. The summed E-state index contributed by atoms with van der Waals surface area (Å²) in [5.74, 6) is -0.391. The van der Waals surface area contributed by atoms with Crippen LogP contribution in [0.4, 0.5) is 0 Å². The maximum atomic E-state index is 10.6. The molecule has 0 saturated heterocycles. The Morgan fingerprint density at radius 3 is 2.75 bits per heavy atom. The van der Waals surface area contributed by atoms with E-state index in [-0.39, 0.29) is 25.3 Å². The number of para-hydroxylation sites is 2. The van der Waals surface area contributed by atoms with Gasteiger partial charge in [-0.3, -0.25) is 4.57 Å². The van der Waals surface area contributed by atoms with E-state index in [1.807, 2.05) is 24.3 Å². The molecule has 0 aliphatic heterocycles. The second-order valence-electron chi connectivity index (χ2n) is 3.90. The Bertz CT molecular complexity index is 672. The Morgan fingerprint density at radius 2 is 2.10 bits per heavy atom. The first-order chi connectivity index (χ1) is 9.01. The van der Waals surface area contributed by atoms with Crippen molar-refractivity contribution in [3.63, 3.8) is 0 Å². The van der Waals surface area contributed by atoms with Gasteiger partial charge in [-0.25, -0.2) is 8.42 Å². The van der Waals surface area contributed by atoms with E-state index in [4.69, 9.17) is 4.18 Å². The van der Waals surface area contributed by atoms with Crippen molar-refractivity contribution in [2.45, 2.75) is 13.0 Å². The molecule has 0 radical (unpaired) electrons. The number of hydrogen-bond acceptors (Lipinski definition) is 6. The van der Waals surface area contributed by atoms with Crippen molar-refractivity contribution in [3.8, 4) is 6.01 Å². The molecule has 1 aromatic heterocycles. The van der Waals surface area contributed by atoms with Crippen LogP contribution in [0, 0.1) is 0 Å². The third-order valence-electron chi connectivity index (χ3n) is 2.55. The standard InChI is InChI=1S/C11H14N2O4S2.Li/c1-18-17-11-12-9-5-2-3-6-10(9)13(11)7-4-8-19(14,15)16;/h2-3,5-6H,4,7-8H2,1H3,(H,14,15,16);/q;+1/p-1. The normalized spacial score (nSPS) is 11.3. The molecule has 0 saturated carbocycles. The monoisotopic (exact) mass is 308 g/mol. The van der Waals surface area contributed by atoms with Crippen molar-refractivity contribution < 1.29 is 36.0 Å². The third kappa shape index (κ3) is 4.43. The molecule has 0 atom stereocenters. The molecule has 0 spiro atoms.